The van der Waals surface area contributed by atoms with Crippen molar-refractivity contribution in [3.63, 3.8) is 0 Å². The summed E-state index contributed by atoms with van der Waals surface area (Å²) in [5.41, 5.74) is 1.01. The van der Waals surface area contributed by atoms with Gasteiger partial charge >= 0.3 is 0 Å². The summed E-state index contributed by atoms with van der Waals surface area (Å²) in [4.78, 5) is 6.93. The monoisotopic (exact) mass is 398 g/mol. The number of unbranched alkanes of at least 4 members (excludes halogenated alkanes) is 2. The second-order valence-corrected chi connectivity index (χ2v) is 8.64. The van der Waals surface area contributed by atoms with E-state index in [2.05, 4.69) is 49.9 Å². The van der Waals surface area contributed by atoms with E-state index in [0.717, 1.165) is 47.5 Å². The molecule has 1 heterocycles. The predicted molar refractivity (Wildman–Crippen MR) is 125 cm³/mol. The molecule has 1 aliphatic carbocycles. The summed E-state index contributed by atoms with van der Waals surface area (Å²) in [7, 11) is 0. The van der Waals surface area contributed by atoms with Crippen LogP contribution in [0.4, 0.5) is 0 Å². The molecule has 1 aromatic rings. The van der Waals surface area contributed by atoms with Crippen molar-refractivity contribution in [1.29, 1.82) is 0 Å². The zero-order valence-electron chi connectivity index (χ0n) is 19.2. The molecule has 1 aromatic heterocycles. The summed E-state index contributed by atoms with van der Waals surface area (Å²) in [6.45, 7) is 11.4. The van der Waals surface area contributed by atoms with Crippen LogP contribution in [-0.2, 0) is 0 Å². The molecule has 0 radical (unpaired) electrons. The van der Waals surface area contributed by atoms with Crippen LogP contribution >= 0.6 is 0 Å². The van der Waals surface area contributed by atoms with Crippen LogP contribution in [0.25, 0.3) is 11.8 Å². The van der Waals surface area contributed by atoms with Gasteiger partial charge in [0.05, 0.1) is 0 Å². The number of hydrogen-bond donors (Lipinski definition) is 1. The number of hydrogen-bond acceptors (Lipinski definition) is 3. The molecule has 29 heavy (non-hydrogen) atoms. The Bertz CT molecular complexity index is 734. The van der Waals surface area contributed by atoms with Crippen LogP contribution < -0.4 is 10.6 Å². The van der Waals surface area contributed by atoms with Crippen molar-refractivity contribution >= 4 is 11.8 Å². The maximum absolute atomic E-state index is 10.9. The Balaban J connectivity index is 2.26. The van der Waals surface area contributed by atoms with Gasteiger partial charge in [0.2, 0.25) is 0 Å². The van der Waals surface area contributed by atoms with Crippen molar-refractivity contribution in [2.45, 2.75) is 85.5 Å². The Morgan fingerprint density at radius 2 is 1.66 bits per heavy atom. The molecule has 162 valence electrons. The molecular weight excluding hydrogens is 356 g/mol. The average molecular weight is 399 g/mol. The molecule has 2 atom stereocenters. The topological polar surface area (TPSA) is 36.4 Å². The number of fused-ring (bicyclic) bond motifs is 1. The Labute approximate surface area is 178 Å². The van der Waals surface area contributed by atoms with E-state index in [9.17, 15) is 5.11 Å². The second kappa shape index (κ2) is 12.7. The van der Waals surface area contributed by atoms with Crippen LogP contribution in [0.2, 0.25) is 0 Å². The minimum atomic E-state index is 0.358. The summed E-state index contributed by atoms with van der Waals surface area (Å²) in [5, 5.41) is 12.6. The molecule has 0 spiro atoms. The van der Waals surface area contributed by atoms with Gasteiger partial charge in [0.1, 0.15) is 11.1 Å². The SMILES string of the molecule is CCCCC(CC)CN(C=C1CC=c2cccnc2=C1O)CC(CC)CCCC. The van der Waals surface area contributed by atoms with Crippen molar-refractivity contribution < 1.29 is 5.11 Å². The quantitative estimate of drug-likeness (QED) is 0.473. The first-order chi connectivity index (χ1) is 14.1. The third-order valence-corrected chi connectivity index (χ3v) is 6.32. The fraction of sp³-hybridized carbons (Fsp3) is 0.654. The number of aliphatic hydroxyl groups excluding tert-OH is 1. The lowest BCUT2D eigenvalue weighted by Crippen LogP contribution is -2.34. The molecule has 2 rings (SSSR count). The van der Waals surface area contributed by atoms with Crippen LogP contribution in [0.15, 0.2) is 30.1 Å². The molecule has 0 bridgehead atoms. The van der Waals surface area contributed by atoms with Gasteiger partial charge < -0.3 is 10.0 Å². The lowest BCUT2D eigenvalue weighted by molar-refractivity contribution is 0.238. The molecule has 0 saturated heterocycles. The molecule has 1 N–H and O–H groups in total. The highest BCUT2D eigenvalue weighted by atomic mass is 16.3. The largest absolute Gasteiger partial charge is 0.505 e. The van der Waals surface area contributed by atoms with Crippen molar-refractivity contribution in [2.75, 3.05) is 13.1 Å². The first-order valence-electron chi connectivity index (χ1n) is 11.9. The van der Waals surface area contributed by atoms with Crippen molar-refractivity contribution in [1.82, 2.24) is 9.88 Å². The van der Waals surface area contributed by atoms with Gasteiger partial charge in [0.25, 0.3) is 0 Å². The lowest BCUT2D eigenvalue weighted by Gasteiger charge is -2.30. The Kier molecular flexibility index (Phi) is 10.3. The highest BCUT2D eigenvalue weighted by Crippen LogP contribution is 2.22. The highest BCUT2D eigenvalue weighted by molar-refractivity contribution is 5.61. The van der Waals surface area contributed by atoms with Crippen LogP contribution in [0.1, 0.15) is 85.5 Å². The van der Waals surface area contributed by atoms with Gasteiger partial charge in [0, 0.05) is 36.3 Å². The Morgan fingerprint density at radius 3 is 2.21 bits per heavy atom. The van der Waals surface area contributed by atoms with Gasteiger partial charge in [-0.1, -0.05) is 78.4 Å². The number of aromatic nitrogens is 1. The minimum Gasteiger partial charge on any atom is -0.505 e. The van der Waals surface area contributed by atoms with Gasteiger partial charge in [-0.25, -0.2) is 0 Å². The van der Waals surface area contributed by atoms with E-state index >= 15 is 0 Å². The minimum absolute atomic E-state index is 0.358. The predicted octanol–water partition coefficient (Wildman–Crippen LogP) is 5.55. The maximum atomic E-state index is 10.9. The number of pyridine rings is 1. The van der Waals surface area contributed by atoms with Crippen LogP contribution in [0.3, 0.4) is 0 Å². The van der Waals surface area contributed by atoms with E-state index in [-0.39, 0.29) is 0 Å². The summed E-state index contributed by atoms with van der Waals surface area (Å²) in [6, 6.07) is 3.96. The lowest BCUT2D eigenvalue weighted by atomic mass is 9.95. The third-order valence-electron chi connectivity index (χ3n) is 6.32. The van der Waals surface area contributed by atoms with Crippen LogP contribution in [0, 0.1) is 11.8 Å². The molecule has 3 heteroatoms. The number of aliphatic hydroxyl groups is 1. The Morgan fingerprint density at radius 1 is 1.03 bits per heavy atom. The summed E-state index contributed by atoms with van der Waals surface area (Å²) in [5.74, 6) is 1.79. The Hall–Kier alpha value is -1.77. The molecule has 0 amide bonds. The van der Waals surface area contributed by atoms with E-state index in [1.165, 1.54) is 51.4 Å². The standard InChI is InChI=1S/C26H42N2O/c1-5-9-12-21(7-3)18-28(19-22(8-4)13-10-6-2)20-24-16-15-23-14-11-17-27-25(23)26(24)29/h11,14-15,17,20-22,29H,5-10,12-13,16,18-19H2,1-4H3. The van der Waals surface area contributed by atoms with E-state index in [0.29, 0.717) is 5.76 Å². The fourth-order valence-corrected chi connectivity index (χ4v) is 4.26. The fourth-order valence-electron chi connectivity index (χ4n) is 4.26. The van der Waals surface area contributed by atoms with E-state index in [1.54, 1.807) is 6.20 Å². The second-order valence-electron chi connectivity index (χ2n) is 8.64. The summed E-state index contributed by atoms with van der Waals surface area (Å²) >= 11 is 0. The summed E-state index contributed by atoms with van der Waals surface area (Å²) in [6.07, 6.45) is 17.1. The molecular formula is C26H42N2O. The average Bonchev–Trinajstić information content (AvgIpc) is 2.75. The first-order valence-corrected chi connectivity index (χ1v) is 11.9. The van der Waals surface area contributed by atoms with Crippen LogP contribution in [0.5, 0.6) is 0 Å². The number of nitrogens with zero attached hydrogens (tertiary/aromatic N) is 2. The third kappa shape index (κ3) is 7.21. The molecule has 0 aromatic carbocycles. The maximum Gasteiger partial charge on any atom is 0.146 e. The van der Waals surface area contributed by atoms with E-state index < -0.39 is 0 Å². The molecule has 1 aliphatic rings. The van der Waals surface area contributed by atoms with E-state index in [1.807, 2.05) is 12.1 Å². The van der Waals surface area contributed by atoms with Crippen molar-refractivity contribution in [3.8, 4) is 0 Å². The van der Waals surface area contributed by atoms with Crippen molar-refractivity contribution in [2.24, 2.45) is 11.8 Å². The molecule has 2 unspecified atom stereocenters. The molecule has 0 aliphatic heterocycles. The van der Waals surface area contributed by atoms with Gasteiger partial charge in [0.15, 0.2) is 0 Å². The van der Waals surface area contributed by atoms with Gasteiger partial charge in [-0.3, -0.25) is 4.98 Å². The summed E-state index contributed by atoms with van der Waals surface area (Å²) < 4.78 is 0. The molecule has 0 fully saturated rings. The van der Waals surface area contributed by atoms with Gasteiger partial charge in [-0.15, -0.1) is 0 Å². The zero-order valence-corrected chi connectivity index (χ0v) is 19.2. The highest BCUT2D eigenvalue weighted by Gasteiger charge is 2.17. The smallest absolute Gasteiger partial charge is 0.146 e. The molecule has 0 saturated carbocycles. The van der Waals surface area contributed by atoms with Crippen molar-refractivity contribution in [3.05, 3.63) is 40.7 Å². The van der Waals surface area contributed by atoms with Crippen LogP contribution in [-0.4, -0.2) is 28.1 Å². The first kappa shape index (κ1) is 23.5. The van der Waals surface area contributed by atoms with Gasteiger partial charge in [-0.2, -0.15) is 0 Å². The normalized spacial score (nSPS) is 17.0. The zero-order chi connectivity index (χ0) is 21.1. The van der Waals surface area contributed by atoms with E-state index in [4.69, 9.17) is 0 Å². The number of rotatable bonds is 13. The molecule has 3 nitrogen and oxygen atoms in total. The van der Waals surface area contributed by atoms with Gasteiger partial charge in [-0.05, 0) is 37.2 Å².